The van der Waals surface area contributed by atoms with E-state index in [4.69, 9.17) is 4.74 Å². The number of ether oxygens (including phenoxy) is 1. The van der Waals surface area contributed by atoms with Gasteiger partial charge in [-0.3, -0.25) is 4.57 Å². The maximum atomic E-state index is 5.64. The van der Waals surface area contributed by atoms with Crippen LogP contribution in [0.5, 0.6) is 0 Å². The molecule has 0 saturated heterocycles. The number of hydrogen-bond donors (Lipinski definition) is 0. The lowest BCUT2D eigenvalue weighted by molar-refractivity contribution is 0.0920. The molecule has 0 aliphatic heterocycles. The highest BCUT2D eigenvalue weighted by Gasteiger charge is 2.16. The van der Waals surface area contributed by atoms with Gasteiger partial charge in [-0.15, -0.1) is 10.2 Å². The van der Waals surface area contributed by atoms with Gasteiger partial charge in [-0.2, -0.15) is 0 Å². The molecule has 5 heteroatoms. The Bertz CT molecular complexity index is 815. The topological polar surface area (TPSA) is 39.9 Å². The highest BCUT2D eigenvalue weighted by molar-refractivity contribution is 7.99. The molecule has 1 aromatic heterocycles. The molecule has 0 fully saturated rings. The van der Waals surface area contributed by atoms with Gasteiger partial charge >= 0.3 is 0 Å². The molecule has 0 unspecified atom stereocenters. The van der Waals surface area contributed by atoms with Gasteiger partial charge in [-0.25, -0.2) is 0 Å². The second-order valence-electron chi connectivity index (χ2n) is 6.11. The lowest BCUT2D eigenvalue weighted by Gasteiger charge is -2.11. The van der Waals surface area contributed by atoms with Gasteiger partial charge in [0.25, 0.3) is 0 Å². The minimum atomic E-state index is 0.245. The molecule has 3 aromatic rings. The summed E-state index contributed by atoms with van der Waals surface area (Å²) in [5.41, 5.74) is 3.35. The highest BCUT2D eigenvalue weighted by atomic mass is 32.2. The summed E-state index contributed by atoms with van der Waals surface area (Å²) in [5, 5.41) is 9.78. The van der Waals surface area contributed by atoms with Crippen LogP contribution in [0.4, 0.5) is 0 Å². The van der Waals surface area contributed by atoms with Crippen molar-refractivity contribution in [2.45, 2.75) is 32.0 Å². The standard InChI is InChI=1S/C20H23N3OS/c1-15(2)24-12-13-25-20-22-21-19(17-9-5-4-6-10-17)23(20)18-11-7-8-16(3)14-18/h4-11,14-15H,12-13H2,1-3H3. The van der Waals surface area contributed by atoms with Crippen LogP contribution in [-0.4, -0.2) is 33.2 Å². The third-order valence-corrected chi connectivity index (χ3v) is 4.58. The summed E-state index contributed by atoms with van der Waals surface area (Å²) in [7, 11) is 0. The zero-order chi connectivity index (χ0) is 17.6. The Morgan fingerprint density at radius 1 is 1.04 bits per heavy atom. The first-order valence-electron chi connectivity index (χ1n) is 8.47. The third kappa shape index (κ3) is 4.50. The fourth-order valence-electron chi connectivity index (χ4n) is 2.55. The summed E-state index contributed by atoms with van der Waals surface area (Å²) in [6.07, 6.45) is 0.245. The van der Waals surface area contributed by atoms with Crippen LogP contribution >= 0.6 is 11.8 Å². The maximum absolute atomic E-state index is 5.64. The van der Waals surface area contributed by atoms with Crippen molar-refractivity contribution < 1.29 is 4.74 Å². The van der Waals surface area contributed by atoms with E-state index in [1.807, 2.05) is 32.0 Å². The summed E-state index contributed by atoms with van der Waals surface area (Å²) < 4.78 is 7.77. The molecule has 0 aliphatic carbocycles. The molecule has 0 spiro atoms. The quantitative estimate of drug-likeness (QED) is 0.453. The van der Waals surface area contributed by atoms with Gasteiger partial charge in [-0.05, 0) is 38.5 Å². The molecule has 0 amide bonds. The van der Waals surface area contributed by atoms with Gasteiger partial charge in [-0.1, -0.05) is 54.2 Å². The lowest BCUT2D eigenvalue weighted by Crippen LogP contribution is -2.06. The van der Waals surface area contributed by atoms with Crippen molar-refractivity contribution in [3.63, 3.8) is 0 Å². The van der Waals surface area contributed by atoms with E-state index in [2.05, 4.69) is 58.1 Å². The van der Waals surface area contributed by atoms with E-state index >= 15 is 0 Å². The van der Waals surface area contributed by atoms with E-state index < -0.39 is 0 Å². The number of nitrogens with zero attached hydrogens (tertiary/aromatic N) is 3. The third-order valence-electron chi connectivity index (χ3n) is 3.69. The maximum Gasteiger partial charge on any atom is 0.196 e. The number of thioether (sulfide) groups is 1. The molecular weight excluding hydrogens is 330 g/mol. The normalized spacial score (nSPS) is 11.2. The molecule has 3 rings (SSSR count). The SMILES string of the molecule is Cc1cccc(-n2c(SCCOC(C)C)nnc2-c2ccccc2)c1. The summed E-state index contributed by atoms with van der Waals surface area (Å²) in [4.78, 5) is 0. The molecule has 0 N–H and O–H groups in total. The van der Waals surface area contributed by atoms with Crippen LogP contribution in [-0.2, 0) is 4.74 Å². The van der Waals surface area contributed by atoms with Gasteiger partial charge < -0.3 is 4.74 Å². The van der Waals surface area contributed by atoms with Crippen molar-refractivity contribution in [3.8, 4) is 17.1 Å². The molecule has 0 saturated carbocycles. The number of rotatable bonds is 7. The van der Waals surface area contributed by atoms with Crippen LogP contribution < -0.4 is 0 Å². The number of aryl methyl sites for hydroxylation is 1. The molecule has 0 bridgehead atoms. The minimum absolute atomic E-state index is 0.245. The van der Waals surface area contributed by atoms with Crippen LogP contribution in [0.15, 0.2) is 59.8 Å². The first-order chi connectivity index (χ1) is 12.1. The molecule has 4 nitrogen and oxygen atoms in total. The molecule has 0 atom stereocenters. The molecule has 2 aromatic carbocycles. The van der Waals surface area contributed by atoms with E-state index in [0.29, 0.717) is 6.61 Å². The van der Waals surface area contributed by atoms with E-state index in [1.165, 1.54) is 5.56 Å². The fraction of sp³-hybridized carbons (Fsp3) is 0.300. The Kier molecular flexibility index (Phi) is 5.89. The van der Waals surface area contributed by atoms with Gasteiger partial charge in [0.1, 0.15) is 0 Å². The molecule has 130 valence electrons. The monoisotopic (exact) mass is 353 g/mol. The largest absolute Gasteiger partial charge is 0.378 e. The lowest BCUT2D eigenvalue weighted by atomic mass is 10.2. The molecule has 25 heavy (non-hydrogen) atoms. The summed E-state index contributed by atoms with van der Waals surface area (Å²) >= 11 is 1.67. The fourth-order valence-corrected chi connectivity index (χ4v) is 3.34. The number of hydrogen-bond acceptors (Lipinski definition) is 4. The van der Waals surface area contributed by atoms with Gasteiger partial charge in [0.15, 0.2) is 11.0 Å². The summed E-state index contributed by atoms with van der Waals surface area (Å²) in [6.45, 7) is 6.89. The molecule has 0 aliphatic rings. The Balaban J connectivity index is 1.94. The second-order valence-corrected chi connectivity index (χ2v) is 7.18. The summed E-state index contributed by atoms with van der Waals surface area (Å²) in [5.74, 6) is 1.70. The van der Waals surface area contributed by atoms with Crippen LogP contribution in [0.2, 0.25) is 0 Å². The van der Waals surface area contributed by atoms with Crippen LogP contribution in [0.1, 0.15) is 19.4 Å². The van der Waals surface area contributed by atoms with Crippen molar-refractivity contribution in [3.05, 3.63) is 60.2 Å². The van der Waals surface area contributed by atoms with Gasteiger partial charge in [0.05, 0.1) is 12.7 Å². The number of benzene rings is 2. The average Bonchev–Trinajstić information content (AvgIpc) is 3.03. The summed E-state index contributed by atoms with van der Waals surface area (Å²) in [6, 6.07) is 18.6. The smallest absolute Gasteiger partial charge is 0.196 e. The first-order valence-corrected chi connectivity index (χ1v) is 9.46. The van der Waals surface area contributed by atoms with Crippen molar-refractivity contribution >= 4 is 11.8 Å². The van der Waals surface area contributed by atoms with Crippen molar-refractivity contribution in [2.75, 3.05) is 12.4 Å². The predicted molar refractivity (Wildman–Crippen MR) is 103 cm³/mol. The van der Waals surface area contributed by atoms with Crippen molar-refractivity contribution in [2.24, 2.45) is 0 Å². The molecule has 0 radical (unpaired) electrons. The highest BCUT2D eigenvalue weighted by Crippen LogP contribution is 2.28. The zero-order valence-corrected chi connectivity index (χ0v) is 15.7. The van der Waals surface area contributed by atoms with Crippen LogP contribution in [0.25, 0.3) is 17.1 Å². The minimum Gasteiger partial charge on any atom is -0.378 e. The van der Waals surface area contributed by atoms with E-state index in [9.17, 15) is 0 Å². The average molecular weight is 353 g/mol. The zero-order valence-electron chi connectivity index (χ0n) is 14.8. The first kappa shape index (κ1) is 17.7. The van der Waals surface area contributed by atoms with Crippen molar-refractivity contribution in [1.29, 1.82) is 0 Å². The number of aromatic nitrogens is 3. The van der Waals surface area contributed by atoms with E-state index in [0.717, 1.165) is 28.0 Å². The predicted octanol–water partition coefficient (Wildman–Crippen LogP) is 4.76. The Morgan fingerprint density at radius 3 is 2.56 bits per heavy atom. The van der Waals surface area contributed by atoms with E-state index in [-0.39, 0.29) is 6.10 Å². The Labute approximate surface area is 153 Å². The Morgan fingerprint density at radius 2 is 1.84 bits per heavy atom. The van der Waals surface area contributed by atoms with E-state index in [1.54, 1.807) is 11.8 Å². The van der Waals surface area contributed by atoms with Crippen LogP contribution in [0.3, 0.4) is 0 Å². The van der Waals surface area contributed by atoms with Gasteiger partial charge in [0, 0.05) is 17.0 Å². The second kappa shape index (κ2) is 8.32. The van der Waals surface area contributed by atoms with Gasteiger partial charge in [0.2, 0.25) is 0 Å². The molecule has 1 heterocycles. The molecular formula is C20H23N3OS. The Hall–Kier alpha value is -2.11. The van der Waals surface area contributed by atoms with Crippen molar-refractivity contribution in [1.82, 2.24) is 14.8 Å². The van der Waals surface area contributed by atoms with Crippen LogP contribution in [0, 0.1) is 6.92 Å².